The minimum absolute atomic E-state index is 0. The van der Waals surface area contributed by atoms with Crippen LogP contribution in [0.15, 0.2) is 0 Å². The molecule has 10 heteroatoms. The van der Waals surface area contributed by atoms with E-state index < -0.39 is 0 Å². The van der Waals surface area contributed by atoms with E-state index in [1.165, 1.54) is 0 Å². The van der Waals surface area contributed by atoms with Gasteiger partial charge in [-0.2, -0.15) is 0 Å². The molecule has 4 radical (unpaired) electrons. The second kappa shape index (κ2) is 161. The third-order valence-corrected chi connectivity index (χ3v) is 0. The molecule has 68 valence electrons. The van der Waals surface area contributed by atoms with Crippen LogP contribution in [0.1, 0.15) is 0 Å². The molecule has 0 aliphatic heterocycles. The van der Waals surface area contributed by atoms with E-state index in [2.05, 4.69) is 0 Å². The molecule has 0 rings (SSSR count). The van der Waals surface area contributed by atoms with Gasteiger partial charge in [-0.15, -0.1) is 0 Å². The summed E-state index contributed by atoms with van der Waals surface area (Å²) >= 11 is 0. The Labute approximate surface area is 124 Å². The Bertz CT molecular complexity index is 15.7. The molecule has 0 N–H and O–H groups in total. The molecule has 0 bridgehead atoms. The van der Waals surface area contributed by atoms with Crippen molar-refractivity contribution in [3.05, 3.63) is 0 Å². The fraction of sp³-hybridized carbons (Fsp3) is 0. The van der Waals surface area contributed by atoms with Gasteiger partial charge in [0.05, 0.1) is 0 Å². The van der Waals surface area contributed by atoms with Crippen molar-refractivity contribution in [1.29, 1.82) is 0 Å². The van der Waals surface area contributed by atoms with E-state index in [1.54, 1.807) is 0 Å². The minimum atomic E-state index is 0. The van der Waals surface area contributed by atoms with Crippen molar-refractivity contribution in [2.45, 2.75) is 0 Å². The first-order valence-electron chi connectivity index (χ1n) is 0. The van der Waals surface area contributed by atoms with Gasteiger partial charge >= 0.3 is 68.3 Å². The van der Waals surface area contributed by atoms with E-state index in [9.17, 15) is 0 Å². The quantitative estimate of drug-likeness (QED) is 0.523. The third kappa shape index (κ3) is 122. The van der Waals surface area contributed by atoms with Crippen LogP contribution in [0.3, 0.4) is 0 Å². The third-order valence-electron chi connectivity index (χ3n) is 0. The van der Waals surface area contributed by atoms with Crippen LogP contribution in [0.25, 0.3) is 0 Å². The molecule has 0 aromatic heterocycles. The van der Waals surface area contributed by atoms with Gasteiger partial charge in [-0.3, -0.25) is 0 Å². The van der Waals surface area contributed by atoms with Crippen molar-refractivity contribution in [2.75, 3.05) is 0 Å². The van der Waals surface area contributed by atoms with Gasteiger partial charge in [-0.25, -0.2) is 0 Å². The summed E-state index contributed by atoms with van der Waals surface area (Å²) < 4.78 is 0. The summed E-state index contributed by atoms with van der Waals surface area (Å²) in [5.41, 5.74) is 0. The zero-order valence-corrected chi connectivity index (χ0v) is 10.7. The van der Waals surface area contributed by atoms with Crippen molar-refractivity contribution >= 4 is 40.5 Å². The molecule has 10 heavy (non-hydrogen) atoms. The van der Waals surface area contributed by atoms with Crippen LogP contribution in [0.4, 0.5) is 0 Å². The Morgan fingerprint density at radius 1 is 0.300 bits per heavy atom. The van der Waals surface area contributed by atoms with E-state index in [0.29, 0.717) is 0 Å². The van der Waals surface area contributed by atoms with E-state index in [4.69, 9.17) is 0 Å². The van der Waals surface area contributed by atoms with Crippen molar-refractivity contribution in [3.63, 3.8) is 0 Å². The smallest absolute Gasteiger partial charge is 2.00 e. The maximum absolute atomic E-state index is 0. The predicted octanol–water partition coefficient (Wildman–Crippen LogP) is -0.374. The van der Waals surface area contributed by atoms with E-state index >= 15 is 0 Å². The summed E-state index contributed by atoms with van der Waals surface area (Å²) in [4.78, 5) is 0. The maximum atomic E-state index is 0. The summed E-state index contributed by atoms with van der Waals surface area (Å²) in [6, 6.07) is 0. The van der Waals surface area contributed by atoms with Gasteiger partial charge < -0.3 is 56.9 Å². The van der Waals surface area contributed by atoms with Crippen molar-refractivity contribution < 1.29 is 84.7 Å². The molecule has 0 atom stereocenters. The van der Waals surface area contributed by atoms with E-state index in [-0.39, 0.29) is 125 Å². The second-order valence-corrected chi connectivity index (χ2v) is 0. The minimum Gasteiger partial charge on any atom is -2.00 e. The zero-order chi connectivity index (χ0) is 0. The van der Waals surface area contributed by atoms with Gasteiger partial charge in [-0.1, -0.05) is 0 Å². The van der Waals surface area contributed by atoms with Crippen LogP contribution in [0.5, 0.6) is 0 Å². The summed E-state index contributed by atoms with van der Waals surface area (Å²) in [5, 5.41) is 0. The van der Waals surface area contributed by atoms with Gasteiger partial charge in [0.2, 0.25) is 0 Å². The molecule has 0 fully saturated rings. The predicted molar refractivity (Wildman–Crippen MR) is 24.2 cm³/mol. The van der Waals surface area contributed by atoms with Crippen molar-refractivity contribution in [2.24, 2.45) is 0 Å². The summed E-state index contributed by atoms with van der Waals surface area (Å²) in [6.45, 7) is 0. The van der Waals surface area contributed by atoms with Crippen LogP contribution in [-0.2, 0) is 125 Å². The maximum Gasteiger partial charge on any atom is 3.00 e. The van der Waals surface area contributed by atoms with Gasteiger partial charge in [0.1, 0.15) is 0 Å². The largest absolute Gasteiger partial charge is 3.00 e. The van der Waals surface area contributed by atoms with Crippen LogP contribution < -0.4 is 0 Å². The fourth-order valence-electron chi connectivity index (χ4n) is 0. The Balaban J connectivity index is 0. The standard InChI is InChI=1S/4Fe.3O.3S/q4*+3;6*-2. The molecular weight excluding hydrogens is 368 g/mol. The van der Waals surface area contributed by atoms with E-state index in [1.807, 2.05) is 0 Å². The summed E-state index contributed by atoms with van der Waals surface area (Å²) in [7, 11) is 0. The first-order valence-corrected chi connectivity index (χ1v) is 0. The monoisotopic (exact) mass is 368 g/mol. The average molecular weight is 368 g/mol. The fourth-order valence-corrected chi connectivity index (χ4v) is 0. The number of hydrogen-bond acceptors (Lipinski definition) is 0. The summed E-state index contributed by atoms with van der Waals surface area (Å²) in [5.74, 6) is 0. The number of rotatable bonds is 0. The molecule has 0 aromatic carbocycles. The molecule has 3 nitrogen and oxygen atoms in total. The zero-order valence-electron chi connectivity index (χ0n) is 3.86. The SMILES string of the molecule is [Fe+3].[Fe+3].[Fe+3].[Fe+3].[O-2].[O-2].[O-2].[S-2].[S-2].[S-2]. The van der Waals surface area contributed by atoms with Gasteiger partial charge in [-0.05, 0) is 0 Å². The molecule has 0 amide bonds. The van der Waals surface area contributed by atoms with Crippen molar-refractivity contribution in [3.8, 4) is 0 Å². The van der Waals surface area contributed by atoms with Gasteiger partial charge in [0, 0.05) is 0 Å². The Hall–Kier alpha value is 3.01. The van der Waals surface area contributed by atoms with Crippen molar-refractivity contribution in [1.82, 2.24) is 0 Å². The Morgan fingerprint density at radius 2 is 0.300 bits per heavy atom. The molecular formula is Fe4O3S3. The van der Waals surface area contributed by atoms with Gasteiger partial charge in [0.15, 0.2) is 0 Å². The second-order valence-electron chi connectivity index (χ2n) is 0. The molecule has 0 heterocycles. The first kappa shape index (κ1) is 207. The molecule has 0 saturated heterocycles. The Kier molecular flexibility index (Phi) is 3330. The van der Waals surface area contributed by atoms with Gasteiger partial charge in [0.25, 0.3) is 0 Å². The normalized spacial score (nSPS) is 0. The van der Waals surface area contributed by atoms with Crippen LogP contribution in [0.2, 0.25) is 0 Å². The van der Waals surface area contributed by atoms with Crippen LogP contribution in [-0.4, -0.2) is 0 Å². The van der Waals surface area contributed by atoms with Crippen LogP contribution in [0, 0.1) is 0 Å². The van der Waals surface area contributed by atoms with Crippen LogP contribution >= 0.6 is 0 Å². The average Bonchev–Trinajstić information content (AvgIpc) is 0. The molecule has 0 saturated carbocycles. The topological polar surface area (TPSA) is 85.5 Å². The Morgan fingerprint density at radius 3 is 0.300 bits per heavy atom. The molecule has 0 spiro atoms. The number of hydrogen-bond donors (Lipinski definition) is 0. The molecule has 0 aliphatic carbocycles. The first-order chi connectivity index (χ1) is 0. The summed E-state index contributed by atoms with van der Waals surface area (Å²) in [6.07, 6.45) is 0. The van der Waals surface area contributed by atoms with E-state index in [0.717, 1.165) is 0 Å². The molecule has 0 aromatic rings. The molecule has 0 unspecified atom stereocenters. The molecule has 0 aliphatic rings.